The number of aromatic nitrogens is 2. The molecule has 5 heterocycles. The highest BCUT2D eigenvalue weighted by Gasteiger charge is 2.40. The van der Waals surface area contributed by atoms with Gasteiger partial charge < -0.3 is 25.4 Å². The number of thiophene rings is 1. The number of fused-ring (bicyclic) bond motifs is 4. The van der Waals surface area contributed by atoms with Crippen molar-refractivity contribution < 1.29 is 31.4 Å². The number of nitrogen functional groups attached to an aromatic ring is 1. The molecule has 0 amide bonds. The van der Waals surface area contributed by atoms with E-state index in [1.807, 2.05) is 11.0 Å². The van der Waals surface area contributed by atoms with Crippen LogP contribution >= 0.6 is 11.3 Å². The Morgan fingerprint density at radius 1 is 1.16 bits per heavy atom. The first-order chi connectivity index (χ1) is 20.6. The van der Waals surface area contributed by atoms with E-state index in [0.717, 1.165) is 48.8 Å². The van der Waals surface area contributed by atoms with Crippen LogP contribution in [0, 0.1) is 28.9 Å². The van der Waals surface area contributed by atoms with Gasteiger partial charge in [0.05, 0.1) is 29.0 Å². The summed E-state index contributed by atoms with van der Waals surface area (Å²) in [6, 6.07) is 4.75. The van der Waals surface area contributed by atoms with Gasteiger partial charge in [0.15, 0.2) is 5.82 Å². The Morgan fingerprint density at radius 2 is 1.93 bits per heavy atom. The van der Waals surface area contributed by atoms with Crippen molar-refractivity contribution in [2.45, 2.75) is 37.5 Å². The van der Waals surface area contributed by atoms with Crippen LogP contribution in [0.4, 0.5) is 32.8 Å². The first kappa shape index (κ1) is 28.0. The van der Waals surface area contributed by atoms with E-state index in [1.165, 1.54) is 0 Å². The molecule has 3 aliphatic rings. The summed E-state index contributed by atoms with van der Waals surface area (Å²) in [4.78, 5) is 10.7. The van der Waals surface area contributed by atoms with Crippen molar-refractivity contribution in [1.82, 2.24) is 15.3 Å². The Balaban J connectivity index is 1.48. The summed E-state index contributed by atoms with van der Waals surface area (Å²) in [5, 5.41) is 12.8. The molecule has 3 saturated heterocycles. The number of anilines is 2. The van der Waals surface area contributed by atoms with E-state index >= 15 is 4.39 Å². The van der Waals surface area contributed by atoms with Gasteiger partial charge in [0, 0.05) is 54.0 Å². The fraction of sp³-hybridized carbons (Fsp3) is 0.414. The molecule has 3 N–H and O–H groups in total. The third-order valence-electron chi connectivity index (χ3n) is 8.38. The van der Waals surface area contributed by atoms with Crippen LogP contribution in [0.15, 0.2) is 18.2 Å². The summed E-state index contributed by atoms with van der Waals surface area (Å²) >= 11 is 0.718. The molecular weight excluding hydrogens is 591 g/mol. The van der Waals surface area contributed by atoms with E-state index in [9.17, 15) is 22.8 Å². The zero-order valence-electron chi connectivity index (χ0n) is 22.6. The molecule has 3 aliphatic heterocycles. The number of rotatable bonds is 5. The van der Waals surface area contributed by atoms with Crippen LogP contribution in [0.1, 0.15) is 30.4 Å². The Bertz CT molecular complexity index is 1790. The molecule has 4 aromatic rings. The van der Waals surface area contributed by atoms with Gasteiger partial charge in [-0.3, -0.25) is 0 Å². The summed E-state index contributed by atoms with van der Waals surface area (Å²) in [5.74, 6) is -1.83. The van der Waals surface area contributed by atoms with Crippen LogP contribution in [0.2, 0.25) is 0 Å². The molecule has 0 aliphatic carbocycles. The molecule has 2 aromatic carbocycles. The summed E-state index contributed by atoms with van der Waals surface area (Å²) in [7, 11) is 0. The van der Waals surface area contributed by atoms with Crippen molar-refractivity contribution in [3.8, 4) is 23.2 Å². The number of nitrogens with zero attached hydrogens (tertiary/aromatic N) is 4. The average molecular weight is 617 g/mol. The SMILES string of the molecule is N#Cc1c(N)sc2c(F)ccc(-c3c(C(F)(F)F)cc4c(N5CC6CCC(C5)N6)nc(OCC5CCOC5)nc4c3F)c12. The minimum absolute atomic E-state index is 0.0757. The quantitative estimate of drug-likeness (QED) is 0.278. The number of ether oxygens (including phenoxy) is 2. The number of hydrogen-bond donors (Lipinski definition) is 2. The van der Waals surface area contributed by atoms with Gasteiger partial charge in [-0.05, 0) is 37.0 Å². The number of benzene rings is 2. The predicted molar refractivity (Wildman–Crippen MR) is 151 cm³/mol. The van der Waals surface area contributed by atoms with Gasteiger partial charge in [0.2, 0.25) is 0 Å². The monoisotopic (exact) mass is 616 g/mol. The summed E-state index contributed by atoms with van der Waals surface area (Å²) < 4.78 is 86.9. The van der Waals surface area contributed by atoms with E-state index < -0.39 is 28.9 Å². The average Bonchev–Trinajstić information content (AvgIpc) is 3.70. The standard InChI is InChI=1S/C29H25F5N6O2S/c30-20-4-3-16(21-18(8-35)26(36)43-25(20)21)22-19(29(32,33)34)7-17-24(23(22)31)38-28(42-12-13-5-6-41-11-13)39-27(17)40-9-14-1-2-15(10-40)37-14/h3-4,7,13-15,37H,1-2,5-6,9-12,36H2. The van der Waals surface area contributed by atoms with Crippen molar-refractivity contribution in [2.75, 3.05) is 43.5 Å². The largest absolute Gasteiger partial charge is 0.463 e. The van der Waals surface area contributed by atoms with Gasteiger partial charge in [-0.25, -0.2) is 8.78 Å². The lowest BCUT2D eigenvalue weighted by molar-refractivity contribution is -0.137. The van der Waals surface area contributed by atoms with Gasteiger partial charge in [-0.2, -0.15) is 28.4 Å². The summed E-state index contributed by atoms with van der Waals surface area (Å²) in [6.45, 7) is 2.22. The first-order valence-corrected chi connectivity index (χ1v) is 14.7. The van der Waals surface area contributed by atoms with Crippen LogP contribution in [-0.2, 0) is 10.9 Å². The molecule has 2 bridgehead atoms. The van der Waals surface area contributed by atoms with Crippen LogP contribution in [0.5, 0.6) is 6.01 Å². The smallest absolute Gasteiger partial charge is 0.417 e. The molecule has 0 spiro atoms. The summed E-state index contributed by atoms with van der Waals surface area (Å²) in [6.07, 6.45) is -2.43. The Labute approximate surface area is 246 Å². The zero-order valence-corrected chi connectivity index (χ0v) is 23.4. The molecule has 14 heteroatoms. The highest BCUT2D eigenvalue weighted by molar-refractivity contribution is 7.23. The minimum Gasteiger partial charge on any atom is -0.463 e. The maximum absolute atomic E-state index is 16.7. The van der Waals surface area contributed by atoms with Crippen molar-refractivity contribution in [1.29, 1.82) is 5.26 Å². The lowest BCUT2D eigenvalue weighted by atomic mass is 9.92. The molecule has 0 radical (unpaired) electrons. The number of nitriles is 1. The molecular formula is C29H25F5N6O2S. The second kappa shape index (κ2) is 10.4. The van der Waals surface area contributed by atoms with Gasteiger partial charge in [-0.1, -0.05) is 6.07 Å². The molecule has 7 rings (SSSR count). The van der Waals surface area contributed by atoms with Gasteiger partial charge in [0.1, 0.15) is 28.2 Å². The molecule has 0 saturated carbocycles. The van der Waals surface area contributed by atoms with Crippen LogP contribution in [0.25, 0.3) is 32.1 Å². The number of nitrogens with one attached hydrogen (secondary N) is 1. The van der Waals surface area contributed by atoms with Gasteiger partial charge in [-0.15, -0.1) is 11.3 Å². The first-order valence-electron chi connectivity index (χ1n) is 13.9. The number of hydrogen-bond acceptors (Lipinski definition) is 9. The van der Waals surface area contributed by atoms with E-state index in [0.29, 0.717) is 26.3 Å². The maximum atomic E-state index is 16.7. The van der Waals surface area contributed by atoms with Crippen LogP contribution in [-0.4, -0.2) is 55.0 Å². The van der Waals surface area contributed by atoms with E-state index in [2.05, 4.69) is 15.3 Å². The highest BCUT2D eigenvalue weighted by atomic mass is 32.1. The lowest BCUT2D eigenvalue weighted by Crippen LogP contribution is -2.51. The second-order valence-electron chi connectivity index (χ2n) is 11.2. The molecule has 2 aromatic heterocycles. The zero-order chi connectivity index (χ0) is 30.0. The van der Waals surface area contributed by atoms with E-state index in [4.69, 9.17) is 15.2 Å². The lowest BCUT2D eigenvalue weighted by Gasteiger charge is -2.34. The fourth-order valence-electron chi connectivity index (χ4n) is 6.37. The maximum Gasteiger partial charge on any atom is 0.417 e. The molecule has 8 nitrogen and oxygen atoms in total. The molecule has 224 valence electrons. The van der Waals surface area contributed by atoms with Crippen molar-refractivity contribution in [2.24, 2.45) is 5.92 Å². The number of nitrogens with two attached hydrogens (primary N) is 1. The van der Waals surface area contributed by atoms with Crippen LogP contribution < -0.4 is 20.7 Å². The number of halogens is 5. The molecule has 3 fully saturated rings. The normalized spacial score (nSPS) is 22.0. The van der Waals surface area contributed by atoms with Crippen LogP contribution in [0.3, 0.4) is 0 Å². The van der Waals surface area contributed by atoms with E-state index in [-0.39, 0.29) is 73.6 Å². The second-order valence-corrected chi connectivity index (χ2v) is 12.2. The Hall–Kier alpha value is -3.80. The Morgan fingerprint density at radius 3 is 2.60 bits per heavy atom. The van der Waals surface area contributed by atoms with Crippen molar-refractivity contribution >= 4 is 43.1 Å². The number of piperazine rings is 1. The molecule has 3 unspecified atom stereocenters. The predicted octanol–water partition coefficient (Wildman–Crippen LogP) is 5.62. The van der Waals surface area contributed by atoms with Gasteiger partial charge >= 0.3 is 12.2 Å². The van der Waals surface area contributed by atoms with Crippen molar-refractivity contribution in [3.63, 3.8) is 0 Å². The topological polar surface area (TPSA) is 109 Å². The van der Waals surface area contributed by atoms with Crippen molar-refractivity contribution in [3.05, 3.63) is 41.0 Å². The third kappa shape index (κ3) is 4.79. The number of alkyl halides is 3. The van der Waals surface area contributed by atoms with Gasteiger partial charge in [0.25, 0.3) is 0 Å². The fourth-order valence-corrected chi connectivity index (χ4v) is 7.32. The third-order valence-corrected chi connectivity index (χ3v) is 9.41. The minimum atomic E-state index is -5.02. The summed E-state index contributed by atoms with van der Waals surface area (Å²) in [5.41, 5.74) is 2.89. The van der Waals surface area contributed by atoms with E-state index in [1.54, 1.807) is 0 Å². The highest BCUT2D eigenvalue weighted by Crippen LogP contribution is 2.48. The molecule has 3 atom stereocenters. The Kier molecular flexibility index (Phi) is 6.79. The molecule has 43 heavy (non-hydrogen) atoms.